The maximum Gasteiger partial charge on any atom is 0.273 e. The van der Waals surface area contributed by atoms with Gasteiger partial charge in [-0.3, -0.25) is 4.79 Å². The van der Waals surface area contributed by atoms with E-state index in [-0.39, 0.29) is 11.9 Å². The molecule has 2 aromatic rings. The van der Waals surface area contributed by atoms with E-state index in [1.807, 2.05) is 24.8 Å². The van der Waals surface area contributed by atoms with Crippen LogP contribution >= 0.6 is 0 Å². The van der Waals surface area contributed by atoms with Crippen molar-refractivity contribution < 1.29 is 9.53 Å². The van der Waals surface area contributed by atoms with Crippen molar-refractivity contribution in [2.45, 2.75) is 59.0 Å². The van der Waals surface area contributed by atoms with Crippen LogP contribution < -0.4 is 0 Å². The van der Waals surface area contributed by atoms with Crippen LogP contribution in [-0.2, 0) is 17.7 Å². The Morgan fingerprint density at radius 3 is 2.48 bits per heavy atom. The molecule has 0 spiro atoms. The summed E-state index contributed by atoms with van der Waals surface area (Å²) in [5.41, 5.74) is 6.13. The van der Waals surface area contributed by atoms with E-state index < -0.39 is 0 Å². The van der Waals surface area contributed by atoms with E-state index in [2.05, 4.69) is 38.1 Å². The second-order valence-corrected chi connectivity index (χ2v) is 8.48. The zero-order valence-corrected chi connectivity index (χ0v) is 17.7. The Balaban J connectivity index is 1.74. The first-order valence-corrected chi connectivity index (χ1v) is 10.5. The molecule has 1 aromatic carbocycles. The third-order valence-corrected chi connectivity index (χ3v) is 5.78. The number of amides is 1. The minimum Gasteiger partial charge on any atom is -0.377 e. The van der Waals surface area contributed by atoms with Gasteiger partial charge in [0, 0.05) is 18.0 Å². The molecule has 152 valence electrons. The molecule has 0 aliphatic carbocycles. The summed E-state index contributed by atoms with van der Waals surface area (Å²) >= 11 is 0. The van der Waals surface area contributed by atoms with Gasteiger partial charge in [-0.05, 0) is 42.9 Å². The molecular formula is C24H29N3O2. The van der Waals surface area contributed by atoms with E-state index in [4.69, 9.17) is 14.7 Å². The van der Waals surface area contributed by atoms with Gasteiger partial charge in [0.2, 0.25) is 0 Å². The number of aromatic nitrogens is 2. The van der Waals surface area contributed by atoms with E-state index in [9.17, 15) is 4.79 Å². The van der Waals surface area contributed by atoms with Gasteiger partial charge >= 0.3 is 0 Å². The summed E-state index contributed by atoms with van der Waals surface area (Å²) in [6, 6.07) is 8.87. The van der Waals surface area contributed by atoms with Crippen molar-refractivity contribution >= 4 is 11.5 Å². The van der Waals surface area contributed by atoms with Crippen LogP contribution in [-0.4, -0.2) is 40.0 Å². The first-order valence-electron chi connectivity index (χ1n) is 10.5. The summed E-state index contributed by atoms with van der Waals surface area (Å²) in [7, 11) is 0. The van der Waals surface area contributed by atoms with Crippen LogP contribution in [0, 0.1) is 0 Å². The van der Waals surface area contributed by atoms with E-state index in [1.165, 1.54) is 11.1 Å². The number of ether oxygens (including phenoxy) is 1. The number of benzene rings is 1. The maximum atomic E-state index is 13.0. The molecule has 4 rings (SSSR count). The van der Waals surface area contributed by atoms with Crippen molar-refractivity contribution in [2.24, 2.45) is 0 Å². The lowest BCUT2D eigenvalue weighted by Crippen LogP contribution is -2.31. The van der Waals surface area contributed by atoms with Crippen molar-refractivity contribution in [3.63, 3.8) is 0 Å². The fraction of sp³-hybridized carbons (Fsp3) is 0.458. The lowest BCUT2D eigenvalue weighted by molar-refractivity contribution is 0.0726. The van der Waals surface area contributed by atoms with Gasteiger partial charge in [0.25, 0.3) is 5.91 Å². The Kier molecular flexibility index (Phi) is 5.50. The molecule has 0 saturated heterocycles. The van der Waals surface area contributed by atoms with Gasteiger partial charge in [0.1, 0.15) is 5.69 Å². The van der Waals surface area contributed by atoms with Gasteiger partial charge in [-0.15, -0.1) is 0 Å². The topological polar surface area (TPSA) is 55.3 Å². The first-order chi connectivity index (χ1) is 13.9. The van der Waals surface area contributed by atoms with Crippen LogP contribution in [0.25, 0.3) is 5.57 Å². The molecule has 29 heavy (non-hydrogen) atoms. The molecule has 0 atom stereocenters. The van der Waals surface area contributed by atoms with Crippen LogP contribution in [0.2, 0.25) is 0 Å². The smallest absolute Gasteiger partial charge is 0.273 e. The van der Waals surface area contributed by atoms with Crippen LogP contribution in [0.4, 0.5) is 0 Å². The summed E-state index contributed by atoms with van der Waals surface area (Å²) < 4.78 is 5.43. The number of fused-ring (bicyclic) bond motifs is 1. The van der Waals surface area contributed by atoms with Gasteiger partial charge in [-0.25, -0.2) is 9.97 Å². The molecule has 5 heteroatoms. The number of carbonyl (C=O) groups is 1. The molecule has 0 bridgehead atoms. The average molecular weight is 392 g/mol. The largest absolute Gasteiger partial charge is 0.377 e. The molecule has 0 unspecified atom stereocenters. The highest BCUT2D eigenvalue weighted by Gasteiger charge is 2.34. The standard InChI is InChI=1S/C24H29N3O2/c1-15(2)18-7-5-17(6-8-18)13-21-20-14-27(16(3)4)24(28)22(20)26-23(25-21)19-9-11-29-12-10-19/h5-9,15-16H,10-14H2,1-4H3. The molecule has 3 heterocycles. The minimum absolute atomic E-state index is 0.0164. The third-order valence-electron chi connectivity index (χ3n) is 5.78. The first kappa shape index (κ1) is 19.8. The second-order valence-electron chi connectivity index (χ2n) is 8.48. The van der Waals surface area contributed by atoms with Gasteiger partial charge < -0.3 is 9.64 Å². The number of nitrogens with zero attached hydrogens (tertiary/aromatic N) is 3. The fourth-order valence-electron chi connectivity index (χ4n) is 3.90. The Morgan fingerprint density at radius 1 is 1.10 bits per heavy atom. The molecule has 2 aliphatic heterocycles. The second kappa shape index (κ2) is 8.07. The average Bonchev–Trinajstić information content (AvgIpc) is 3.06. The molecule has 5 nitrogen and oxygen atoms in total. The predicted octanol–water partition coefficient (Wildman–Crippen LogP) is 4.36. The summed E-state index contributed by atoms with van der Waals surface area (Å²) in [6.45, 7) is 10.3. The molecule has 1 amide bonds. The third kappa shape index (κ3) is 3.97. The highest BCUT2D eigenvalue weighted by Crippen LogP contribution is 2.29. The number of carbonyl (C=O) groups excluding carboxylic acids is 1. The molecular weight excluding hydrogens is 362 g/mol. The normalized spacial score (nSPS) is 16.6. The Labute approximate surface area is 172 Å². The highest BCUT2D eigenvalue weighted by molar-refractivity contribution is 5.97. The van der Waals surface area contributed by atoms with Crippen LogP contribution in [0.1, 0.15) is 78.7 Å². The molecule has 1 aromatic heterocycles. The molecule has 0 fully saturated rings. The van der Waals surface area contributed by atoms with Gasteiger partial charge in [-0.1, -0.05) is 44.2 Å². The highest BCUT2D eigenvalue weighted by atomic mass is 16.5. The number of hydrogen-bond acceptors (Lipinski definition) is 4. The zero-order chi connectivity index (χ0) is 20.5. The molecule has 0 saturated carbocycles. The van der Waals surface area contributed by atoms with Crippen LogP contribution in [0.3, 0.4) is 0 Å². The Hall–Kier alpha value is -2.53. The lowest BCUT2D eigenvalue weighted by Gasteiger charge is -2.19. The predicted molar refractivity (Wildman–Crippen MR) is 114 cm³/mol. The van der Waals surface area contributed by atoms with Crippen molar-refractivity contribution in [3.8, 4) is 0 Å². The summed E-state index contributed by atoms with van der Waals surface area (Å²) in [4.78, 5) is 24.5. The van der Waals surface area contributed by atoms with E-state index in [1.54, 1.807) is 0 Å². The van der Waals surface area contributed by atoms with E-state index >= 15 is 0 Å². The van der Waals surface area contributed by atoms with E-state index in [0.29, 0.717) is 43.6 Å². The number of hydrogen-bond donors (Lipinski definition) is 0. The van der Waals surface area contributed by atoms with Crippen molar-refractivity contribution in [1.29, 1.82) is 0 Å². The minimum atomic E-state index is 0.0164. The molecule has 0 radical (unpaired) electrons. The number of rotatable bonds is 5. The monoisotopic (exact) mass is 391 g/mol. The summed E-state index contributed by atoms with van der Waals surface area (Å²) in [5, 5.41) is 0. The Bertz CT molecular complexity index is 945. The van der Waals surface area contributed by atoms with Crippen molar-refractivity contribution in [3.05, 3.63) is 64.2 Å². The summed E-state index contributed by atoms with van der Waals surface area (Å²) in [6.07, 6.45) is 3.52. The van der Waals surface area contributed by atoms with Crippen LogP contribution in [0.5, 0.6) is 0 Å². The van der Waals surface area contributed by atoms with Gasteiger partial charge in [0.05, 0.1) is 25.5 Å². The zero-order valence-electron chi connectivity index (χ0n) is 17.7. The van der Waals surface area contributed by atoms with Crippen LogP contribution in [0.15, 0.2) is 30.3 Å². The van der Waals surface area contributed by atoms with Crippen molar-refractivity contribution in [1.82, 2.24) is 14.9 Å². The Morgan fingerprint density at radius 2 is 1.86 bits per heavy atom. The SMILES string of the molecule is CC(C)c1ccc(Cc2nc(C3=CCOCC3)nc3c2CN(C(C)C)C3=O)cc1. The fourth-order valence-corrected chi connectivity index (χ4v) is 3.90. The maximum absolute atomic E-state index is 13.0. The van der Waals surface area contributed by atoms with E-state index in [0.717, 1.165) is 23.3 Å². The van der Waals surface area contributed by atoms with Crippen molar-refractivity contribution in [2.75, 3.05) is 13.2 Å². The molecule has 0 N–H and O–H groups in total. The quantitative estimate of drug-likeness (QED) is 0.760. The molecule has 2 aliphatic rings. The summed E-state index contributed by atoms with van der Waals surface area (Å²) in [5.74, 6) is 1.21. The lowest BCUT2D eigenvalue weighted by atomic mass is 9.99. The van der Waals surface area contributed by atoms with Gasteiger partial charge in [0.15, 0.2) is 5.82 Å². The van der Waals surface area contributed by atoms with Gasteiger partial charge in [-0.2, -0.15) is 0 Å².